The predicted octanol–water partition coefficient (Wildman–Crippen LogP) is 1.80. The fourth-order valence-electron chi connectivity index (χ4n) is 3.31. The lowest BCUT2D eigenvalue weighted by molar-refractivity contribution is 0.458. The molecule has 0 saturated carbocycles. The minimum atomic E-state index is -5.11. The summed E-state index contributed by atoms with van der Waals surface area (Å²) in [7, 11) is -10.2. The van der Waals surface area contributed by atoms with Crippen molar-refractivity contribution in [2.75, 3.05) is 0 Å². The summed E-state index contributed by atoms with van der Waals surface area (Å²) >= 11 is 0. The maximum absolute atomic E-state index is 11.6. The third kappa shape index (κ3) is 2.20. The van der Waals surface area contributed by atoms with E-state index in [2.05, 4.69) is 0 Å². The summed E-state index contributed by atoms with van der Waals surface area (Å²) in [5.74, 6) is -0.655. The molecule has 0 atom stereocenters. The standard InChI is InChI=1S/C16H10O8S2/c17-11-5-12(18)8-2-4-10-14(26(22,23)24)6-13(25(19,20)21)9-3-1-7(11)15(8)16(9)10/h1-6,17-18H,(H,19,20,21)(H,22,23,24)/p-2. The van der Waals surface area contributed by atoms with Crippen LogP contribution in [0.2, 0.25) is 0 Å². The van der Waals surface area contributed by atoms with Gasteiger partial charge in [-0.1, -0.05) is 12.1 Å². The number of phenols is 2. The van der Waals surface area contributed by atoms with Gasteiger partial charge in [-0.15, -0.1) is 0 Å². The minimum Gasteiger partial charge on any atom is -0.744 e. The summed E-state index contributed by atoms with van der Waals surface area (Å²) in [5.41, 5.74) is 0. The van der Waals surface area contributed by atoms with Crippen LogP contribution in [-0.4, -0.2) is 36.2 Å². The lowest BCUT2D eigenvalue weighted by atomic mass is 9.93. The van der Waals surface area contributed by atoms with Crippen LogP contribution in [0.5, 0.6) is 11.5 Å². The average Bonchev–Trinajstić information content (AvgIpc) is 2.52. The Labute approximate surface area is 146 Å². The molecule has 4 aromatic rings. The van der Waals surface area contributed by atoms with Crippen LogP contribution in [-0.2, 0) is 20.2 Å². The number of aromatic hydroxyl groups is 2. The Balaban J connectivity index is 2.46. The molecule has 0 aromatic heterocycles. The number of hydrogen-bond donors (Lipinski definition) is 2. The molecule has 0 aliphatic carbocycles. The molecule has 0 heterocycles. The number of phenolic OH excluding ortho intramolecular Hbond substituents is 2. The van der Waals surface area contributed by atoms with E-state index < -0.39 is 30.0 Å². The smallest absolute Gasteiger partial charge is 0.127 e. The monoisotopic (exact) mass is 392 g/mol. The highest BCUT2D eigenvalue weighted by Gasteiger charge is 2.21. The zero-order valence-corrected chi connectivity index (χ0v) is 14.3. The van der Waals surface area contributed by atoms with Gasteiger partial charge in [0.15, 0.2) is 0 Å². The molecule has 4 rings (SSSR count). The Hall–Kier alpha value is -2.66. The van der Waals surface area contributed by atoms with E-state index in [0.29, 0.717) is 6.07 Å². The molecular weight excluding hydrogens is 384 g/mol. The van der Waals surface area contributed by atoms with Gasteiger partial charge in [0.25, 0.3) is 0 Å². The van der Waals surface area contributed by atoms with Crippen LogP contribution in [0.1, 0.15) is 0 Å². The minimum absolute atomic E-state index is 0.0162. The molecule has 0 aliphatic heterocycles. The molecule has 0 radical (unpaired) electrons. The van der Waals surface area contributed by atoms with Crippen molar-refractivity contribution in [3.8, 4) is 11.5 Å². The molecule has 0 aliphatic rings. The Kier molecular flexibility index (Phi) is 3.20. The summed E-state index contributed by atoms with van der Waals surface area (Å²) in [5, 5.41) is 20.4. The fraction of sp³-hybridized carbons (Fsp3) is 0. The summed E-state index contributed by atoms with van der Waals surface area (Å²) in [6.45, 7) is 0. The van der Waals surface area contributed by atoms with Crippen LogP contribution in [0.3, 0.4) is 0 Å². The van der Waals surface area contributed by atoms with E-state index in [-0.39, 0.29) is 43.8 Å². The van der Waals surface area contributed by atoms with E-state index in [4.69, 9.17) is 0 Å². The van der Waals surface area contributed by atoms with Gasteiger partial charge in [0, 0.05) is 38.4 Å². The van der Waals surface area contributed by atoms with E-state index in [1.807, 2.05) is 0 Å². The van der Waals surface area contributed by atoms with Gasteiger partial charge in [-0.25, -0.2) is 16.8 Å². The first-order chi connectivity index (χ1) is 12.0. The number of benzene rings is 4. The highest BCUT2D eigenvalue weighted by molar-refractivity contribution is 7.86. The maximum Gasteiger partial charge on any atom is 0.127 e. The zero-order valence-electron chi connectivity index (χ0n) is 12.6. The molecule has 0 saturated heterocycles. The first kappa shape index (κ1) is 16.8. The summed E-state index contributed by atoms with van der Waals surface area (Å²) < 4.78 is 69.8. The van der Waals surface area contributed by atoms with Crippen molar-refractivity contribution >= 4 is 52.6 Å². The molecular formula is C16H8O8S2-2. The average molecular weight is 392 g/mol. The van der Waals surface area contributed by atoms with Crippen molar-refractivity contribution < 1.29 is 36.2 Å². The van der Waals surface area contributed by atoms with Gasteiger partial charge in [0.05, 0.1) is 9.79 Å². The number of hydrogen-bond acceptors (Lipinski definition) is 8. The lowest BCUT2D eigenvalue weighted by Gasteiger charge is -2.20. The van der Waals surface area contributed by atoms with Crippen LogP contribution >= 0.6 is 0 Å². The number of rotatable bonds is 2. The van der Waals surface area contributed by atoms with E-state index >= 15 is 0 Å². The van der Waals surface area contributed by atoms with Gasteiger partial charge in [-0.3, -0.25) is 0 Å². The first-order valence-corrected chi connectivity index (χ1v) is 9.90. The van der Waals surface area contributed by atoms with Gasteiger partial charge >= 0.3 is 0 Å². The van der Waals surface area contributed by atoms with Crippen LogP contribution < -0.4 is 0 Å². The quantitative estimate of drug-likeness (QED) is 0.386. The second kappa shape index (κ2) is 4.95. The topological polar surface area (TPSA) is 155 Å². The lowest BCUT2D eigenvalue weighted by Crippen LogP contribution is -2.06. The third-order valence-electron chi connectivity index (χ3n) is 4.32. The van der Waals surface area contributed by atoms with Crippen molar-refractivity contribution in [2.24, 2.45) is 0 Å². The van der Waals surface area contributed by atoms with Gasteiger partial charge < -0.3 is 19.3 Å². The fourth-order valence-corrected chi connectivity index (χ4v) is 4.78. The molecule has 4 aromatic carbocycles. The molecule has 10 heteroatoms. The molecule has 2 N–H and O–H groups in total. The van der Waals surface area contributed by atoms with Crippen molar-refractivity contribution in [2.45, 2.75) is 9.79 Å². The highest BCUT2D eigenvalue weighted by atomic mass is 32.2. The Morgan fingerprint density at radius 3 is 1.35 bits per heavy atom. The summed E-state index contributed by atoms with van der Waals surface area (Å²) in [6.07, 6.45) is 0. The van der Waals surface area contributed by atoms with Gasteiger partial charge in [-0.2, -0.15) is 0 Å². The highest BCUT2D eigenvalue weighted by Crippen LogP contribution is 2.45. The van der Waals surface area contributed by atoms with Crippen LogP contribution in [0.15, 0.2) is 46.2 Å². The molecule has 0 spiro atoms. The van der Waals surface area contributed by atoms with E-state index in [0.717, 1.165) is 6.07 Å². The molecule has 8 nitrogen and oxygen atoms in total. The van der Waals surface area contributed by atoms with E-state index in [9.17, 15) is 36.2 Å². The summed E-state index contributed by atoms with van der Waals surface area (Å²) in [6, 6.07) is 6.81. The Morgan fingerprint density at radius 2 is 0.962 bits per heavy atom. The molecule has 0 unspecified atom stereocenters. The predicted molar refractivity (Wildman–Crippen MR) is 89.4 cm³/mol. The van der Waals surface area contributed by atoms with E-state index in [1.54, 1.807) is 0 Å². The van der Waals surface area contributed by atoms with Crippen LogP contribution in [0.4, 0.5) is 0 Å². The van der Waals surface area contributed by atoms with Gasteiger partial charge in [0.2, 0.25) is 0 Å². The molecule has 0 amide bonds. The maximum atomic E-state index is 11.6. The van der Waals surface area contributed by atoms with Gasteiger partial charge in [-0.05, 0) is 18.2 Å². The third-order valence-corrected chi connectivity index (χ3v) is 6.07. The van der Waals surface area contributed by atoms with Crippen molar-refractivity contribution in [3.63, 3.8) is 0 Å². The molecule has 26 heavy (non-hydrogen) atoms. The van der Waals surface area contributed by atoms with Crippen molar-refractivity contribution in [3.05, 3.63) is 36.4 Å². The second-order valence-electron chi connectivity index (χ2n) is 5.77. The Bertz CT molecular complexity index is 1330. The van der Waals surface area contributed by atoms with Crippen molar-refractivity contribution in [1.82, 2.24) is 0 Å². The largest absolute Gasteiger partial charge is 0.744 e. The van der Waals surface area contributed by atoms with Crippen LogP contribution in [0, 0.1) is 0 Å². The SMILES string of the molecule is O=S(=O)([O-])c1cc(S(=O)(=O)[O-])c2ccc3c(O)cc(O)c4ccc1c2c43. The summed E-state index contributed by atoms with van der Waals surface area (Å²) in [4.78, 5) is -1.73. The van der Waals surface area contributed by atoms with Gasteiger partial charge in [0.1, 0.15) is 31.7 Å². The Morgan fingerprint density at radius 1 is 0.615 bits per heavy atom. The first-order valence-electron chi connectivity index (χ1n) is 7.08. The molecule has 0 fully saturated rings. The van der Waals surface area contributed by atoms with Crippen LogP contribution in [0.25, 0.3) is 32.3 Å². The van der Waals surface area contributed by atoms with Crippen molar-refractivity contribution in [1.29, 1.82) is 0 Å². The molecule has 134 valence electrons. The molecule has 0 bridgehead atoms. The second-order valence-corrected chi connectivity index (χ2v) is 8.46. The van der Waals surface area contributed by atoms with E-state index in [1.165, 1.54) is 24.3 Å². The zero-order chi connectivity index (χ0) is 19.0. The normalized spacial score (nSPS) is 13.2.